The van der Waals surface area contributed by atoms with Crippen LogP contribution in [0, 0.1) is 5.82 Å². The zero-order valence-corrected chi connectivity index (χ0v) is 12.4. The maximum absolute atomic E-state index is 13.3. The van der Waals surface area contributed by atoms with Crippen LogP contribution < -0.4 is 5.73 Å². The number of halogens is 3. The molecule has 0 saturated heterocycles. The SMILES string of the molecule is Nc1cc(Cl)ccc1S(=O)(=O)Cc1cccc(F)c1Cl. The fraction of sp³-hybridized carbons (Fsp3) is 0.0769. The lowest BCUT2D eigenvalue weighted by atomic mass is 10.2. The summed E-state index contributed by atoms with van der Waals surface area (Å²) in [5.74, 6) is -1.10. The van der Waals surface area contributed by atoms with Crippen molar-refractivity contribution in [3.8, 4) is 0 Å². The van der Waals surface area contributed by atoms with E-state index >= 15 is 0 Å². The molecular weight excluding hydrogens is 324 g/mol. The Hall–Kier alpha value is -1.30. The van der Waals surface area contributed by atoms with Crippen LogP contribution in [0.2, 0.25) is 10.0 Å². The first-order valence-electron chi connectivity index (χ1n) is 5.52. The number of benzene rings is 2. The van der Waals surface area contributed by atoms with Crippen molar-refractivity contribution in [1.29, 1.82) is 0 Å². The van der Waals surface area contributed by atoms with Crippen molar-refractivity contribution < 1.29 is 12.8 Å². The quantitative estimate of drug-likeness (QED) is 0.871. The van der Waals surface area contributed by atoms with Crippen LogP contribution in [0.1, 0.15) is 5.56 Å². The maximum atomic E-state index is 13.3. The maximum Gasteiger partial charge on any atom is 0.184 e. The third-order valence-corrected chi connectivity index (χ3v) is 5.08. The molecule has 7 heteroatoms. The second-order valence-corrected chi connectivity index (χ2v) is 6.93. The van der Waals surface area contributed by atoms with E-state index in [9.17, 15) is 12.8 Å². The standard InChI is InChI=1S/C13H10Cl2FNO2S/c14-9-4-5-12(11(17)6-9)20(18,19)7-8-2-1-3-10(16)13(8)15/h1-6H,7,17H2. The van der Waals surface area contributed by atoms with Gasteiger partial charge in [0.05, 0.1) is 21.4 Å². The number of rotatable bonds is 3. The molecule has 0 aliphatic carbocycles. The van der Waals surface area contributed by atoms with E-state index in [1.807, 2.05) is 0 Å². The number of anilines is 1. The highest BCUT2D eigenvalue weighted by Gasteiger charge is 2.20. The summed E-state index contributed by atoms with van der Waals surface area (Å²) in [7, 11) is -3.73. The molecule has 106 valence electrons. The number of hydrogen-bond donors (Lipinski definition) is 1. The molecule has 0 aliphatic rings. The van der Waals surface area contributed by atoms with Gasteiger partial charge in [-0.05, 0) is 29.8 Å². The van der Waals surface area contributed by atoms with Gasteiger partial charge in [-0.1, -0.05) is 35.3 Å². The molecule has 2 rings (SSSR count). The minimum absolute atomic E-state index is 0.0463. The minimum Gasteiger partial charge on any atom is -0.398 e. The summed E-state index contributed by atoms with van der Waals surface area (Å²) in [5, 5.41) is 0.133. The smallest absolute Gasteiger partial charge is 0.184 e. The normalized spacial score (nSPS) is 11.6. The van der Waals surface area contributed by atoms with Gasteiger partial charge in [0.1, 0.15) is 5.82 Å². The van der Waals surface area contributed by atoms with Crippen molar-refractivity contribution in [2.24, 2.45) is 0 Å². The fourth-order valence-corrected chi connectivity index (χ4v) is 3.70. The molecule has 0 spiro atoms. The second kappa shape index (κ2) is 5.60. The van der Waals surface area contributed by atoms with Gasteiger partial charge in [0, 0.05) is 5.02 Å². The van der Waals surface area contributed by atoms with Crippen LogP contribution in [0.5, 0.6) is 0 Å². The average molecular weight is 334 g/mol. The van der Waals surface area contributed by atoms with E-state index in [-0.39, 0.29) is 21.2 Å². The Bertz CT molecular complexity index is 763. The molecule has 2 aromatic carbocycles. The predicted molar refractivity (Wildman–Crippen MR) is 78.2 cm³/mol. The average Bonchev–Trinajstić information content (AvgIpc) is 2.34. The predicted octanol–water partition coefficient (Wildman–Crippen LogP) is 3.69. The van der Waals surface area contributed by atoms with Crippen molar-refractivity contribution in [2.45, 2.75) is 10.6 Å². The van der Waals surface area contributed by atoms with E-state index in [0.29, 0.717) is 5.02 Å². The van der Waals surface area contributed by atoms with Crippen molar-refractivity contribution in [1.82, 2.24) is 0 Å². The summed E-state index contributed by atoms with van der Waals surface area (Å²) >= 11 is 11.5. The monoisotopic (exact) mass is 333 g/mol. The molecule has 2 aromatic rings. The first-order chi connectivity index (χ1) is 9.31. The molecule has 0 heterocycles. The van der Waals surface area contributed by atoms with Crippen molar-refractivity contribution in [3.05, 3.63) is 57.8 Å². The lowest BCUT2D eigenvalue weighted by Gasteiger charge is -2.09. The minimum atomic E-state index is -3.73. The Kier molecular flexibility index (Phi) is 4.22. The van der Waals surface area contributed by atoms with Crippen LogP contribution in [0.15, 0.2) is 41.3 Å². The molecule has 0 aliphatic heterocycles. The van der Waals surface area contributed by atoms with E-state index in [4.69, 9.17) is 28.9 Å². The van der Waals surface area contributed by atoms with Crippen LogP contribution in [0.4, 0.5) is 10.1 Å². The summed E-state index contributed by atoms with van der Waals surface area (Å²) in [6.07, 6.45) is 0. The molecule has 0 amide bonds. The van der Waals surface area contributed by atoms with E-state index in [1.54, 1.807) is 0 Å². The van der Waals surface area contributed by atoms with Gasteiger partial charge < -0.3 is 5.73 Å². The van der Waals surface area contributed by atoms with Crippen LogP contribution in [0.25, 0.3) is 0 Å². The molecule has 3 nitrogen and oxygen atoms in total. The van der Waals surface area contributed by atoms with E-state index in [1.165, 1.54) is 30.3 Å². The molecule has 0 atom stereocenters. The highest BCUT2D eigenvalue weighted by molar-refractivity contribution is 7.90. The van der Waals surface area contributed by atoms with Crippen molar-refractivity contribution in [3.63, 3.8) is 0 Å². The van der Waals surface area contributed by atoms with E-state index in [2.05, 4.69) is 0 Å². The van der Waals surface area contributed by atoms with Gasteiger partial charge in [0.15, 0.2) is 9.84 Å². The summed E-state index contributed by atoms with van der Waals surface area (Å²) in [4.78, 5) is -0.0535. The fourth-order valence-electron chi connectivity index (χ4n) is 1.74. The number of nitrogen functional groups attached to an aromatic ring is 1. The van der Waals surface area contributed by atoms with Gasteiger partial charge in [-0.25, -0.2) is 12.8 Å². The second-order valence-electron chi connectivity index (χ2n) is 4.15. The Morgan fingerprint density at radius 2 is 1.85 bits per heavy atom. The first-order valence-corrected chi connectivity index (χ1v) is 7.93. The van der Waals surface area contributed by atoms with Gasteiger partial charge in [0.2, 0.25) is 0 Å². The zero-order chi connectivity index (χ0) is 14.9. The lowest BCUT2D eigenvalue weighted by Crippen LogP contribution is -2.08. The molecule has 0 unspecified atom stereocenters. The Morgan fingerprint density at radius 1 is 1.15 bits per heavy atom. The zero-order valence-electron chi connectivity index (χ0n) is 10.1. The first kappa shape index (κ1) is 15.1. The van der Waals surface area contributed by atoms with Gasteiger partial charge in [-0.3, -0.25) is 0 Å². The van der Waals surface area contributed by atoms with Gasteiger partial charge in [0.25, 0.3) is 0 Å². The van der Waals surface area contributed by atoms with Crippen LogP contribution in [0.3, 0.4) is 0 Å². The van der Waals surface area contributed by atoms with E-state index < -0.39 is 21.4 Å². The Labute approximate surface area is 126 Å². The Morgan fingerprint density at radius 3 is 2.50 bits per heavy atom. The van der Waals surface area contributed by atoms with Crippen molar-refractivity contribution in [2.75, 3.05) is 5.73 Å². The van der Waals surface area contributed by atoms with Gasteiger partial charge in [-0.15, -0.1) is 0 Å². The highest BCUT2D eigenvalue weighted by atomic mass is 35.5. The molecule has 0 radical (unpaired) electrons. The summed E-state index contributed by atoms with van der Waals surface area (Å²) in [6.45, 7) is 0. The van der Waals surface area contributed by atoms with Gasteiger partial charge in [-0.2, -0.15) is 0 Å². The summed E-state index contributed by atoms with van der Waals surface area (Å²) in [5.41, 5.74) is 5.89. The van der Waals surface area contributed by atoms with Crippen LogP contribution in [-0.4, -0.2) is 8.42 Å². The number of hydrogen-bond acceptors (Lipinski definition) is 3. The largest absolute Gasteiger partial charge is 0.398 e. The van der Waals surface area contributed by atoms with Crippen LogP contribution in [-0.2, 0) is 15.6 Å². The van der Waals surface area contributed by atoms with Gasteiger partial charge >= 0.3 is 0 Å². The molecular formula is C13H10Cl2FNO2S. The van der Waals surface area contributed by atoms with Crippen LogP contribution >= 0.6 is 23.2 Å². The third-order valence-electron chi connectivity index (χ3n) is 2.68. The Balaban J connectivity index is 2.44. The van der Waals surface area contributed by atoms with Crippen molar-refractivity contribution >= 4 is 38.7 Å². The highest BCUT2D eigenvalue weighted by Crippen LogP contribution is 2.28. The number of sulfone groups is 1. The molecule has 2 N–H and O–H groups in total. The topological polar surface area (TPSA) is 60.2 Å². The molecule has 0 bridgehead atoms. The molecule has 0 saturated carbocycles. The molecule has 20 heavy (non-hydrogen) atoms. The summed E-state index contributed by atoms with van der Waals surface area (Å²) in [6, 6.07) is 8.11. The van der Waals surface area contributed by atoms with E-state index in [0.717, 1.165) is 6.07 Å². The third kappa shape index (κ3) is 3.06. The summed E-state index contributed by atoms with van der Waals surface area (Å²) < 4.78 is 37.9. The molecule has 0 fully saturated rings. The lowest BCUT2D eigenvalue weighted by molar-refractivity contribution is 0.595. The molecule has 0 aromatic heterocycles. The number of nitrogens with two attached hydrogens (primary N) is 1.